The SMILES string of the molecule is COc1ccc(C(=O)/C=C/c2cc(OC)c(OC)cc2OC)cc1F. The van der Waals surface area contributed by atoms with Gasteiger partial charge in [0.1, 0.15) is 5.75 Å². The van der Waals surface area contributed by atoms with Crippen LogP contribution in [0.25, 0.3) is 6.08 Å². The van der Waals surface area contributed by atoms with Crippen LogP contribution in [0.5, 0.6) is 23.0 Å². The number of carbonyl (C=O) groups excluding carboxylic acids is 1. The van der Waals surface area contributed by atoms with Gasteiger partial charge in [-0.25, -0.2) is 4.39 Å². The minimum Gasteiger partial charge on any atom is -0.496 e. The molecule has 0 saturated heterocycles. The minimum absolute atomic E-state index is 0.0853. The molecule has 0 aliphatic carbocycles. The van der Waals surface area contributed by atoms with Crippen LogP contribution >= 0.6 is 0 Å². The van der Waals surface area contributed by atoms with E-state index in [-0.39, 0.29) is 17.1 Å². The Balaban J connectivity index is 2.31. The Hall–Kier alpha value is -3.02. The van der Waals surface area contributed by atoms with Crippen LogP contribution in [0.3, 0.4) is 0 Å². The van der Waals surface area contributed by atoms with Gasteiger partial charge >= 0.3 is 0 Å². The van der Waals surface area contributed by atoms with Crippen LogP contribution in [0.15, 0.2) is 36.4 Å². The van der Waals surface area contributed by atoms with E-state index in [9.17, 15) is 9.18 Å². The molecule has 2 rings (SSSR count). The normalized spacial score (nSPS) is 10.6. The van der Waals surface area contributed by atoms with E-state index in [1.54, 1.807) is 18.2 Å². The number of benzene rings is 2. The van der Waals surface area contributed by atoms with Crippen LogP contribution in [0.1, 0.15) is 15.9 Å². The summed E-state index contributed by atoms with van der Waals surface area (Å²) in [6.45, 7) is 0. The van der Waals surface area contributed by atoms with E-state index in [1.165, 1.54) is 46.6 Å². The molecule has 0 N–H and O–H groups in total. The molecule has 25 heavy (non-hydrogen) atoms. The molecule has 2 aromatic carbocycles. The summed E-state index contributed by atoms with van der Waals surface area (Å²) in [5.41, 5.74) is 0.844. The molecule has 0 atom stereocenters. The Labute approximate surface area is 145 Å². The van der Waals surface area contributed by atoms with Gasteiger partial charge in [0.05, 0.1) is 28.4 Å². The van der Waals surface area contributed by atoms with Gasteiger partial charge in [-0.1, -0.05) is 0 Å². The van der Waals surface area contributed by atoms with Gasteiger partial charge in [0.15, 0.2) is 28.8 Å². The van der Waals surface area contributed by atoms with E-state index in [4.69, 9.17) is 18.9 Å². The number of rotatable bonds is 7. The van der Waals surface area contributed by atoms with E-state index in [0.717, 1.165) is 6.07 Å². The predicted molar refractivity (Wildman–Crippen MR) is 92.4 cm³/mol. The summed E-state index contributed by atoms with van der Waals surface area (Å²) in [6, 6.07) is 7.40. The van der Waals surface area contributed by atoms with Gasteiger partial charge in [0.25, 0.3) is 0 Å². The van der Waals surface area contributed by atoms with Gasteiger partial charge in [-0.3, -0.25) is 4.79 Å². The third-order valence-electron chi connectivity index (χ3n) is 3.59. The maximum absolute atomic E-state index is 13.7. The summed E-state index contributed by atoms with van der Waals surface area (Å²) in [7, 11) is 5.92. The Morgan fingerprint density at radius 3 is 2.00 bits per heavy atom. The van der Waals surface area contributed by atoms with E-state index in [1.807, 2.05) is 0 Å². The first-order valence-electron chi connectivity index (χ1n) is 7.40. The lowest BCUT2D eigenvalue weighted by Crippen LogP contribution is -1.98. The Kier molecular flexibility index (Phi) is 6.00. The fourth-order valence-corrected chi connectivity index (χ4v) is 2.26. The van der Waals surface area contributed by atoms with Crippen LogP contribution in [-0.2, 0) is 0 Å². The highest BCUT2D eigenvalue weighted by atomic mass is 19.1. The van der Waals surface area contributed by atoms with Crippen LogP contribution < -0.4 is 18.9 Å². The van der Waals surface area contributed by atoms with Gasteiger partial charge < -0.3 is 18.9 Å². The molecule has 0 fully saturated rings. The number of ketones is 1. The van der Waals surface area contributed by atoms with Gasteiger partial charge in [-0.15, -0.1) is 0 Å². The molecule has 132 valence electrons. The highest BCUT2D eigenvalue weighted by molar-refractivity contribution is 6.07. The average Bonchev–Trinajstić information content (AvgIpc) is 2.65. The third kappa shape index (κ3) is 4.09. The summed E-state index contributed by atoms with van der Waals surface area (Å²) in [5, 5.41) is 0. The highest BCUT2D eigenvalue weighted by Gasteiger charge is 2.11. The van der Waals surface area contributed by atoms with Crippen molar-refractivity contribution in [3.8, 4) is 23.0 Å². The van der Waals surface area contributed by atoms with Crippen LogP contribution in [0.2, 0.25) is 0 Å². The smallest absolute Gasteiger partial charge is 0.185 e. The maximum Gasteiger partial charge on any atom is 0.185 e. The lowest BCUT2D eigenvalue weighted by Gasteiger charge is -2.12. The summed E-state index contributed by atoms with van der Waals surface area (Å²) < 4.78 is 34.3. The van der Waals surface area contributed by atoms with Crippen LogP contribution in [0.4, 0.5) is 4.39 Å². The molecule has 0 aliphatic heterocycles. The zero-order valence-corrected chi connectivity index (χ0v) is 14.5. The van der Waals surface area contributed by atoms with Crippen molar-refractivity contribution in [1.82, 2.24) is 0 Å². The summed E-state index contributed by atoms with van der Waals surface area (Å²) in [6.07, 6.45) is 2.91. The van der Waals surface area contributed by atoms with Crippen molar-refractivity contribution in [2.45, 2.75) is 0 Å². The summed E-state index contributed by atoms with van der Waals surface area (Å²) in [5.74, 6) is 0.680. The van der Waals surface area contributed by atoms with Crippen LogP contribution in [0, 0.1) is 5.82 Å². The first-order chi connectivity index (χ1) is 12.0. The first-order valence-corrected chi connectivity index (χ1v) is 7.40. The lowest BCUT2D eigenvalue weighted by molar-refractivity contribution is 0.104. The van der Waals surface area contributed by atoms with Crippen molar-refractivity contribution in [2.24, 2.45) is 0 Å². The van der Waals surface area contributed by atoms with E-state index in [0.29, 0.717) is 22.8 Å². The zero-order chi connectivity index (χ0) is 18.4. The number of halogens is 1. The second kappa shape index (κ2) is 8.19. The standard InChI is InChI=1S/C19H19FO5/c1-22-16-8-6-12(9-14(16)20)15(21)7-5-13-10-18(24-3)19(25-4)11-17(13)23-2/h5-11H,1-4H3/b7-5+. The van der Waals surface area contributed by atoms with E-state index in [2.05, 4.69) is 0 Å². The Bertz CT molecular complexity index is 799. The van der Waals surface area contributed by atoms with Crippen molar-refractivity contribution in [3.63, 3.8) is 0 Å². The maximum atomic E-state index is 13.7. The van der Waals surface area contributed by atoms with E-state index < -0.39 is 5.82 Å². The topological polar surface area (TPSA) is 54.0 Å². The molecular weight excluding hydrogens is 327 g/mol. The zero-order valence-electron chi connectivity index (χ0n) is 14.5. The monoisotopic (exact) mass is 346 g/mol. The van der Waals surface area contributed by atoms with Crippen molar-refractivity contribution < 1.29 is 28.1 Å². The highest BCUT2D eigenvalue weighted by Crippen LogP contribution is 2.35. The molecule has 0 spiro atoms. The van der Waals surface area contributed by atoms with Crippen molar-refractivity contribution in [2.75, 3.05) is 28.4 Å². The average molecular weight is 346 g/mol. The summed E-state index contributed by atoms with van der Waals surface area (Å²) >= 11 is 0. The molecule has 6 heteroatoms. The number of ether oxygens (including phenoxy) is 4. The molecule has 5 nitrogen and oxygen atoms in total. The first kappa shape index (κ1) is 18.3. The van der Waals surface area contributed by atoms with Gasteiger partial charge in [-0.2, -0.15) is 0 Å². The molecule has 0 bridgehead atoms. The molecule has 0 heterocycles. The number of allylic oxidation sites excluding steroid dienone is 1. The molecule has 0 saturated carbocycles. The quantitative estimate of drug-likeness (QED) is 0.564. The molecule has 2 aromatic rings. The number of methoxy groups -OCH3 is 4. The molecular formula is C19H19FO5. The largest absolute Gasteiger partial charge is 0.496 e. The summed E-state index contributed by atoms with van der Waals surface area (Å²) in [4.78, 5) is 12.3. The van der Waals surface area contributed by atoms with Crippen LogP contribution in [-0.4, -0.2) is 34.2 Å². The van der Waals surface area contributed by atoms with E-state index >= 15 is 0 Å². The number of hydrogen-bond acceptors (Lipinski definition) is 5. The molecule has 0 aromatic heterocycles. The van der Waals surface area contributed by atoms with Crippen molar-refractivity contribution in [3.05, 3.63) is 53.4 Å². The molecule has 0 aliphatic rings. The van der Waals surface area contributed by atoms with Crippen molar-refractivity contribution >= 4 is 11.9 Å². The van der Waals surface area contributed by atoms with Crippen molar-refractivity contribution in [1.29, 1.82) is 0 Å². The van der Waals surface area contributed by atoms with Gasteiger partial charge in [0, 0.05) is 17.2 Å². The third-order valence-corrected chi connectivity index (χ3v) is 3.59. The second-order valence-electron chi connectivity index (χ2n) is 5.00. The fraction of sp³-hybridized carbons (Fsp3) is 0.211. The Morgan fingerprint density at radius 1 is 0.840 bits per heavy atom. The molecule has 0 amide bonds. The van der Waals surface area contributed by atoms with Gasteiger partial charge in [0.2, 0.25) is 0 Å². The van der Waals surface area contributed by atoms with Gasteiger partial charge in [-0.05, 0) is 36.4 Å². The minimum atomic E-state index is -0.592. The number of carbonyl (C=O) groups is 1. The predicted octanol–water partition coefficient (Wildman–Crippen LogP) is 3.76. The molecule has 0 radical (unpaired) electrons. The number of hydrogen-bond donors (Lipinski definition) is 0. The molecule has 0 unspecified atom stereocenters. The second-order valence-corrected chi connectivity index (χ2v) is 5.00. The lowest BCUT2D eigenvalue weighted by atomic mass is 10.1. The fourth-order valence-electron chi connectivity index (χ4n) is 2.26. The Morgan fingerprint density at radius 2 is 1.44 bits per heavy atom.